The molecule has 0 saturated heterocycles. The Kier molecular flexibility index (Phi) is 5.52. The van der Waals surface area contributed by atoms with Gasteiger partial charge >= 0.3 is 0 Å². The van der Waals surface area contributed by atoms with Crippen molar-refractivity contribution in [3.05, 3.63) is 68.5 Å². The molecule has 5 nitrogen and oxygen atoms in total. The van der Waals surface area contributed by atoms with Gasteiger partial charge in [0.05, 0.1) is 12.0 Å². The average Bonchev–Trinajstić information content (AvgIpc) is 2.49. The van der Waals surface area contributed by atoms with Crippen LogP contribution in [0.3, 0.4) is 0 Å². The van der Waals surface area contributed by atoms with Gasteiger partial charge in [-0.25, -0.2) is 4.39 Å². The molecule has 0 spiro atoms. The van der Waals surface area contributed by atoms with Crippen LogP contribution in [0.5, 0.6) is 5.75 Å². The van der Waals surface area contributed by atoms with E-state index >= 15 is 0 Å². The first-order valence-electron chi connectivity index (χ1n) is 6.84. The Balaban J connectivity index is 2.17. The highest BCUT2D eigenvalue weighted by atomic mass is 35.5. The summed E-state index contributed by atoms with van der Waals surface area (Å²) in [6, 6.07) is 8.62. The molecule has 23 heavy (non-hydrogen) atoms. The molecule has 2 rings (SSSR count). The third-order valence-electron chi connectivity index (χ3n) is 3.36. The predicted molar refractivity (Wildman–Crippen MR) is 86.2 cm³/mol. The predicted octanol–water partition coefficient (Wildman–Crippen LogP) is 4.03. The summed E-state index contributed by atoms with van der Waals surface area (Å²) in [5, 5.41) is 11.3. The van der Waals surface area contributed by atoms with Crippen molar-refractivity contribution in [2.45, 2.75) is 13.1 Å². The van der Waals surface area contributed by atoms with Crippen molar-refractivity contribution in [3.8, 4) is 5.75 Å². The number of nitro groups is 1. The van der Waals surface area contributed by atoms with Crippen LogP contribution in [0.2, 0.25) is 5.02 Å². The number of benzene rings is 2. The second-order valence-corrected chi connectivity index (χ2v) is 5.57. The molecule has 0 N–H and O–H groups in total. The number of ether oxygens (including phenoxy) is 1. The van der Waals surface area contributed by atoms with E-state index in [1.165, 1.54) is 37.4 Å². The number of halogens is 2. The lowest BCUT2D eigenvalue weighted by Crippen LogP contribution is -2.18. The first-order chi connectivity index (χ1) is 10.9. The lowest BCUT2D eigenvalue weighted by atomic mass is 10.1. The van der Waals surface area contributed by atoms with Crippen LogP contribution in [0, 0.1) is 15.9 Å². The van der Waals surface area contributed by atoms with Gasteiger partial charge in [-0.1, -0.05) is 11.6 Å². The smallest absolute Gasteiger partial charge is 0.269 e. The summed E-state index contributed by atoms with van der Waals surface area (Å²) in [6.07, 6.45) is 0. The summed E-state index contributed by atoms with van der Waals surface area (Å²) in [5.74, 6) is 0.242. The third kappa shape index (κ3) is 4.40. The Hall–Kier alpha value is -2.18. The standard InChI is InChI=1S/C16H16ClFN2O3/c1-19(10-12-7-13(18)3-6-16(12)23-2)9-11-8-14(20(21)22)4-5-15(11)17/h3-8H,9-10H2,1-2H3. The van der Waals surface area contributed by atoms with Gasteiger partial charge in [0.25, 0.3) is 5.69 Å². The second-order valence-electron chi connectivity index (χ2n) is 5.16. The first kappa shape index (κ1) is 17.2. The van der Waals surface area contributed by atoms with E-state index in [9.17, 15) is 14.5 Å². The fourth-order valence-corrected chi connectivity index (χ4v) is 2.48. The van der Waals surface area contributed by atoms with Gasteiger partial charge in [0.15, 0.2) is 0 Å². The van der Waals surface area contributed by atoms with Crippen molar-refractivity contribution in [1.29, 1.82) is 0 Å². The SMILES string of the molecule is COc1ccc(F)cc1CN(C)Cc1cc([N+](=O)[O-])ccc1Cl. The van der Waals surface area contributed by atoms with Crippen LogP contribution in [0.4, 0.5) is 10.1 Å². The normalized spacial score (nSPS) is 10.8. The van der Waals surface area contributed by atoms with Crippen LogP contribution in [0.1, 0.15) is 11.1 Å². The number of rotatable bonds is 6. The van der Waals surface area contributed by atoms with Crippen molar-refractivity contribution < 1.29 is 14.1 Å². The molecule has 0 aromatic heterocycles. The van der Waals surface area contributed by atoms with E-state index in [0.29, 0.717) is 35.0 Å². The van der Waals surface area contributed by atoms with Gasteiger partial charge in [-0.3, -0.25) is 15.0 Å². The molecular formula is C16H16ClFN2O3. The maximum Gasteiger partial charge on any atom is 0.269 e. The molecule has 0 aliphatic carbocycles. The molecule has 2 aromatic rings. The number of hydrogen-bond donors (Lipinski definition) is 0. The largest absolute Gasteiger partial charge is 0.496 e. The van der Waals surface area contributed by atoms with Crippen LogP contribution in [-0.4, -0.2) is 24.0 Å². The highest BCUT2D eigenvalue weighted by Crippen LogP contribution is 2.25. The van der Waals surface area contributed by atoms with Crippen molar-refractivity contribution >= 4 is 17.3 Å². The molecule has 2 aromatic carbocycles. The van der Waals surface area contributed by atoms with E-state index in [2.05, 4.69) is 0 Å². The van der Waals surface area contributed by atoms with E-state index in [0.717, 1.165) is 0 Å². The molecule has 0 fully saturated rings. The average molecular weight is 339 g/mol. The molecule has 0 atom stereocenters. The fraction of sp³-hybridized carbons (Fsp3) is 0.250. The summed E-state index contributed by atoms with van der Waals surface area (Å²) >= 11 is 6.10. The Bertz CT molecular complexity index is 724. The zero-order valence-electron chi connectivity index (χ0n) is 12.8. The molecule has 7 heteroatoms. The molecule has 0 heterocycles. The molecule has 0 radical (unpaired) electrons. The molecule has 122 valence electrons. The topological polar surface area (TPSA) is 55.6 Å². The minimum Gasteiger partial charge on any atom is -0.496 e. The number of hydrogen-bond acceptors (Lipinski definition) is 4. The van der Waals surface area contributed by atoms with Crippen molar-refractivity contribution in [3.63, 3.8) is 0 Å². The monoisotopic (exact) mass is 338 g/mol. The third-order valence-corrected chi connectivity index (χ3v) is 3.73. The molecule has 0 aliphatic rings. The highest BCUT2D eigenvalue weighted by Gasteiger charge is 2.13. The van der Waals surface area contributed by atoms with Gasteiger partial charge in [0.2, 0.25) is 0 Å². The highest BCUT2D eigenvalue weighted by molar-refractivity contribution is 6.31. The molecular weight excluding hydrogens is 323 g/mol. The second kappa shape index (κ2) is 7.39. The quantitative estimate of drug-likeness (QED) is 0.589. The minimum atomic E-state index is -0.463. The van der Waals surface area contributed by atoms with E-state index in [4.69, 9.17) is 16.3 Å². The molecule has 0 saturated carbocycles. The first-order valence-corrected chi connectivity index (χ1v) is 7.22. The number of nitrogens with zero attached hydrogens (tertiary/aromatic N) is 2. The lowest BCUT2D eigenvalue weighted by Gasteiger charge is -2.19. The van der Waals surface area contributed by atoms with Crippen LogP contribution >= 0.6 is 11.6 Å². The van der Waals surface area contributed by atoms with Crippen LogP contribution in [0.15, 0.2) is 36.4 Å². The molecule has 0 aliphatic heterocycles. The zero-order valence-corrected chi connectivity index (χ0v) is 13.5. The van der Waals surface area contributed by atoms with Gasteiger partial charge in [-0.15, -0.1) is 0 Å². The number of non-ortho nitro benzene ring substituents is 1. The van der Waals surface area contributed by atoms with Crippen LogP contribution < -0.4 is 4.74 Å². The molecule has 0 bridgehead atoms. The van der Waals surface area contributed by atoms with Crippen LogP contribution in [0.25, 0.3) is 0 Å². The summed E-state index contributed by atoms with van der Waals surface area (Å²) in [6.45, 7) is 0.806. The van der Waals surface area contributed by atoms with E-state index in [-0.39, 0.29) is 11.5 Å². The van der Waals surface area contributed by atoms with E-state index in [1.807, 2.05) is 11.9 Å². The van der Waals surface area contributed by atoms with Gasteiger partial charge < -0.3 is 4.74 Å². The van der Waals surface area contributed by atoms with E-state index in [1.54, 1.807) is 6.07 Å². The van der Waals surface area contributed by atoms with E-state index < -0.39 is 4.92 Å². The summed E-state index contributed by atoms with van der Waals surface area (Å²) in [7, 11) is 3.34. The van der Waals surface area contributed by atoms with Gasteiger partial charge in [-0.2, -0.15) is 0 Å². The maximum absolute atomic E-state index is 13.4. The van der Waals surface area contributed by atoms with Gasteiger partial charge in [0.1, 0.15) is 11.6 Å². The summed E-state index contributed by atoms with van der Waals surface area (Å²) in [4.78, 5) is 12.3. The van der Waals surface area contributed by atoms with Crippen molar-refractivity contribution in [2.24, 2.45) is 0 Å². The Morgan fingerprint density at radius 3 is 2.57 bits per heavy atom. The Morgan fingerprint density at radius 1 is 1.22 bits per heavy atom. The Morgan fingerprint density at radius 2 is 1.91 bits per heavy atom. The number of methoxy groups -OCH3 is 1. The maximum atomic E-state index is 13.4. The summed E-state index contributed by atoms with van der Waals surface area (Å²) < 4.78 is 18.6. The fourth-order valence-electron chi connectivity index (χ4n) is 2.30. The Labute approximate surface area is 138 Å². The summed E-state index contributed by atoms with van der Waals surface area (Å²) in [5.41, 5.74) is 1.32. The van der Waals surface area contributed by atoms with Gasteiger partial charge in [0, 0.05) is 35.8 Å². The minimum absolute atomic E-state index is 0.0128. The molecule has 0 unspecified atom stereocenters. The van der Waals surface area contributed by atoms with Gasteiger partial charge in [-0.05, 0) is 36.9 Å². The molecule has 0 amide bonds. The zero-order chi connectivity index (χ0) is 17.0. The van der Waals surface area contributed by atoms with Crippen molar-refractivity contribution in [2.75, 3.05) is 14.2 Å². The lowest BCUT2D eigenvalue weighted by molar-refractivity contribution is -0.384. The van der Waals surface area contributed by atoms with Crippen molar-refractivity contribution in [1.82, 2.24) is 4.90 Å². The van der Waals surface area contributed by atoms with Crippen LogP contribution in [-0.2, 0) is 13.1 Å². The number of nitro benzene ring substituents is 1.